The summed E-state index contributed by atoms with van der Waals surface area (Å²) in [4.78, 5) is 0.330. The van der Waals surface area contributed by atoms with Crippen LogP contribution in [0.4, 0.5) is 0 Å². The highest BCUT2D eigenvalue weighted by Crippen LogP contribution is 2.27. The zero-order chi connectivity index (χ0) is 15.2. The molecule has 3 nitrogen and oxygen atoms in total. The molecule has 0 amide bonds. The molecule has 0 aliphatic carbocycles. The Hall–Kier alpha value is -2.07. The molecule has 0 unspecified atom stereocenters. The minimum atomic E-state index is 0.330. The van der Waals surface area contributed by atoms with E-state index in [-0.39, 0.29) is 0 Å². The summed E-state index contributed by atoms with van der Waals surface area (Å²) in [6, 6.07) is 13.3. The maximum atomic E-state index is 5.86. The number of rotatable bonds is 6. The predicted octanol–water partition coefficient (Wildman–Crippen LogP) is 4.21. The SMILES string of the molecule is CCCOc1ccc(Oc2ccc(C)cc2C(N)=S)cc1. The molecule has 0 spiro atoms. The van der Waals surface area contributed by atoms with Gasteiger partial charge in [0.15, 0.2) is 0 Å². The second-order valence-electron chi connectivity index (χ2n) is 4.79. The maximum Gasteiger partial charge on any atom is 0.137 e. The summed E-state index contributed by atoms with van der Waals surface area (Å²) in [5, 5.41) is 0. The molecule has 0 aromatic heterocycles. The van der Waals surface area contributed by atoms with E-state index in [1.807, 2.05) is 49.4 Å². The van der Waals surface area contributed by atoms with E-state index in [1.165, 1.54) is 0 Å². The minimum Gasteiger partial charge on any atom is -0.494 e. The summed E-state index contributed by atoms with van der Waals surface area (Å²) in [6.07, 6.45) is 0.985. The highest BCUT2D eigenvalue weighted by atomic mass is 32.1. The van der Waals surface area contributed by atoms with Crippen molar-refractivity contribution in [2.24, 2.45) is 5.73 Å². The van der Waals surface area contributed by atoms with Crippen LogP contribution in [0, 0.1) is 6.92 Å². The molecule has 0 atom stereocenters. The van der Waals surface area contributed by atoms with E-state index in [4.69, 9.17) is 27.4 Å². The number of benzene rings is 2. The van der Waals surface area contributed by atoms with Crippen molar-refractivity contribution >= 4 is 17.2 Å². The Bertz CT molecular complexity index is 623. The lowest BCUT2D eigenvalue weighted by atomic mass is 10.1. The maximum absolute atomic E-state index is 5.86. The minimum absolute atomic E-state index is 0.330. The Labute approximate surface area is 130 Å². The Morgan fingerprint density at radius 1 is 1.10 bits per heavy atom. The molecule has 0 aliphatic rings. The number of hydrogen-bond acceptors (Lipinski definition) is 3. The Kier molecular flexibility index (Phi) is 5.17. The third kappa shape index (κ3) is 4.20. The Balaban J connectivity index is 2.16. The summed E-state index contributed by atoms with van der Waals surface area (Å²) in [6.45, 7) is 4.78. The average molecular weight is 301 g/mol. The van der Waals surface area contributed by atoms with Crippen LogP contribution in [0.3, 0.4) is 0 Å². The highest BCUT2D eigenvalue weighted by molar-refractivity contribution is 7.80. The summed E-state index contributed by atoms with van der Waals surface area (Å²) in [5.41, 5.74) is 7.59. The Morgan fingerprint density at radius 2 is 1.76 bits per heavy atom. The molecule has 2 aromatic rings. The molecule has 0 radical (unpaired) electrons. The van der Waals surface area contributed by atoms with Gasteiger partial charge in [0, 0.05) is 0 Å². The summed E-state index contributed by atoms with van der Waals surface area (Å²) >= 11 is 5.07. The fraction of sp³-hybridized carbons (Fsp3) is 0.235. The van der Waals surface area contributed by atoms with Crippen LogP contribution in [-0.4, -0.2) is 11.6 Å². The molecule has 0 heterocycles. The van der Waals surface area contributed by atoms with Gasteiger partial charge in [0.05, 0.1) is 12.2 Å². The van der Waals surface area contributed by atoms with Crippen molar-refractivity contribution in [1.29, 1.82) is 0 Å². The highest BCUT2D eigenvalue weighted by Gasteiger charge is 2.08. The normalized spacial score (nSPS) is 10.2. The van der Waals surface area contributed by atoms with Gasteiger partial charge in [0.1, 0.15) is 22.2 Å². The summed E-state index contributed by atoms with van der Waals surface area (Å²) < 4.78 is 11.4. The van der Waals surface area contributed by atoms with Crippen LogP contribution in [0.15, 0.2) is 42.5 Å². The van der Waals surface area contributed by atoms with Crippen molar-refractivity contribution in [3.05, 3.63) is 53.6 Å². The van der Waals surface area contributed by atoms with Crippen LogP contribution in [0.1, 0.15) is 24.5 Å². The Morgan fingerprint density at radius 3 is 2.38 bits per heavy atom. The lowest BCUT2D eigenvalue weighted by Crippen LogP contribution is -2.11. The topological polar surface area (TPSA) is 44.5 Å². The average Bonchev–Trinajstić information content (AvgIpc) is 2.48. The number of ether oxygens (including phenoxy) is 2. The fourth-order valence-electron chi connectivity index (χ4n) is 1.88. The van der Waals surface area contributed by atoms with Gasteiger partial charge < -0.3 is 15.2 Å². The second kappa shape index (κ2) is 7.09. The van der Waals surface area contributed by atoms with E-state index in [0.717, 1.165) is 29.0 Å². The number of thiocarbonyl (C=S) groups is 1. The lowest BCUT2D eigenvalue weighted by molar-refractivity contribution is 0.317. The van der Waals surface area contributed by atoms with E-state index >= 15 is 0 Å². The van der Waals surface area contributed by atoms with E-state index in [2.05, 4.69) is 6.92 Å². The van der Waals surface area contributed by atoms with Gasteiger partial charge in [-0.25, -0.2) is 0 Å². The molecule has 0 saturated heterocycles. The molecule has 0 fully saturated rings. The van der Waals surface area contributed by atoms with Gasteiger partial charge in [0.25, 0.3) is 0 Å². The van der Waals surface area contributed by atoms with Crippen molar-refractivity contribution in [3.63, 3.8) is 0 Å². The molecule has 0 aliphatic heterocycles. The molecule has 2 rings (SSSR count). The standard InChI is InChI=1S/C17H19NO2S/c1-3-10-19-13-5-7-14(8-6-13)20-16-9-4-12(2)11-15(16)17(18)21/h4-9,11H,3,10H2,1-2H3,(H2,18,21). The van der Waals surface area contributed by atoms with Crippen LogP contribution in [0.2, 0.25) is 0 Å². The molecule has 21 heavy (non-hydrogen) atoms. The first-order chi connectivity index (χ1) is 10.1. The van der Waals surface area contributed by atoms with Gasteiger partial charge in [-0.3, -0.25) is 0 Å². The molecule has 0 saturated carbocycles. The predicted molar refractivity (Wildman–Crippen MR) is 89.4 cm³/mol. The van der Waals surface area contributed by atoms with Crippen molar-refractivity contribution in [2.75, 3.05) is 6.61 Å². The molecule has 2 aromatic carbocycles. The molecular formula is C17H19NO2S. The monoisotopic (exact) mass is 301 g/mol. The molecule has 4 heteroatoms. The van der Waals surface area contributed by atoms with Crippen LogP contribution < -0.4 is 15.2 Å². The number of nitrogens with two attached hydrogens (primary N) is 1. The fourth-order valence-corrected chi connectivity index (χ4v) is 2.04. The van der Waals surface area contributed by atoms with Crippen LogP contribution in [0.5, 0.6) is 17.2 Å². The van der Waals surface area contributed by atoms with Gasteiger partial charge in [-0.2, -0.15) is 0 Å². The van der Waals surface area contributed by atoms with Gasteiger partial charge in [-0.1, -0.05) is 30.8 Å². The van der Waals surface area contributed by atoms with E-state index in [9.17, 15) is 0 Å². The lowest BCUT2D eigenvalue weighted by Gasteiger charge is -2.12. The zero-order valence-electron chi connectivity index (χ0n) is 12.3. The molecule has 0 bridgehead atoms. The van der Waals surface area contributed by atoms with Gasteiger partial charge in [-0.15, -0.1) is 0 Å². The third-order valence-electron chi connectivity index (χ3n) is 2.92. The number of aryl methyl sites for hydroxylation is 1. The van der Waals surface area contributed by atoms with Crippen molar-refractivity contribution in [1.82, 2.24) is 0 Å². The summed E-state index contributed by atoms with van der Waals surface area (Å²) in [5.74, 6) is 2.22. The van der Waals surface area contributed by atoms with Crippen molar-refractivity contribution in [2.45, 2.75) is 20.3 Å². The van der Waals surface area contributed by atoms with Gasteiger partial charge in [0.2, 0.25) is 0 Å². The van der Waals surface area contributed by atoms with Crippen molar-refractivity contribution < 1.29 is 9.47 Å². The first kappa shape index (κ1) is 15.3. The van der Waals surface area contributed by atoms with Gasteiger partial charge in [-0.05, 0) is 49.7 Å². The van der Waals surface area contributed by atoms with Crippen LogP contribution in [0.25, 0.3) is 0 Å². The van der Waals surface area contributed by atoms with Crippen LogP contribution >= 0.6 is 12.2 Å². The quantitative estimate of drug-likeness (QED) is 0.812. The first-order valence-corrected chi connectivity index (χ1v) is 7.32. The largest absolute Gasteiger partial charge is 0.494 e. The van der Waals surface area contributed by atoms with E-state index in [0.29, 0.717) is 17.3 Å². The van der Waals surface area contributed by atoms with Gasteiger partial charge >= 0.3 is 0 Å². The molecule has 110 valence electrons. The molecule has 2 N–H and O–H groups in total. The zero-order valence-corrected chi connectivity index (χ0v) is 13.1. The molecular weight excluding hydrogens is 282 g/mol. The van der Waals surface area contributed by atoms with E-state index < -0.39 is 0 Å². The van der Waals surface area contributed by atoms with E-state index in [1.54, 1.807) is 0 Å². The smallest absolute Gasteiger partial charge is 0.137 e. The van der Waals surface area contributed by atoms with Crippen LogP contribution in [-0.2, 0) is 0 Å². The third-order valence-corrected chi connectivity index (χ3v) is 3.14. The second-order valence-corrected chi connectivity index (χ2v) is 5.23. The summed E-state index contributed by atoms with van der Waals surface area (Å²) in [7, 11) is 0. The number of hydrogen-bond donors (Lipinski definition) is 1. The van der Waals surface area contributed by atoms with Crippen molar-refractivity contribution in [3.8, 4) is 17.2 Å². The first-order valence-electron chi connectivity index (χ1n) is 6.91.